The first kappa shape index (κ1) is 13.1. The lowest BCUT2D eigenvalue weighted by atomic mass is 10.2. The Kier molecular flexibility index (Phi) is 3.40. The maximum absolute atomic E-state index is 11.7. The van der Waals surface area contributed by atoms with Gasteiger partial charge in [0.15, 0.2) is 0 Å². The fourth-order valence-electron chi connectivity index (χ4n) is 2.23. The van der Waals surface area contributed by atoms with Crippen LogP contribution in [0, 0.1) is 0 Å². The second-order valence-electron chi connectivity index (χ2n) is 4.65. The molecule has 0 unspecified atom stereocenters. The van der Waals surface area contributed by atoms with Crippen molar-refractivity contribution in [1.29, 1.82) is 0 Å². The molecule has 1 aliphatic heterocycles. The number of hydrogen-bond donors (Lipinski definition) is 1. The molecule has 0 saturated carbocycles. The van der Waals surface area contributed by atoms with Crippen LogP contribution in [0.3, 0.4) is 0 Å². The third-order valence-electron chi connectivity index (χ3n) is 3.25. The third-order valence-corrected chi connectivity index (χ3v) is 4.46. The van der Waals surface area contributed by atoms with Gasteiger partial charge in [0.05, 0.1) is 22.9 Å². The van der Waals surface area contributed by atoms with E-state index >= 15 is 0 Å². The van der Waals surface area contributed by atoms with Crippen molar-refractivity contribution in [2.24, 2.45) is 0 Å². The van der Waals surface area contributed by atoms with Crippen LogP contribution in [-0.4, -0.2) is 19.9 Å². The number of nitrogens with one attached hydrogen (secondary N) is 1. The molecule has 1 aliphatic rings. The number of aromatic nitrogens is 2. The minimum Gasteiger partial charge on any atom is -0.310 e. The van der Waals surface area contributed by atoms with Crippen molar-refractivity contribution in [2.45, 2.75) is 24.9 Å². The van der Waals surface area contributed by atoms with Gasteiger partial charge in [0, 0.05) is 22.8 Å². The predicted octanol–water partition coefficient (Wildman–Crippen LogP) is 1.98. The van der Waals surface area contributed by atoms with Crippen LogP contribution in [0.2, 0.25) is 0 Å². The third kappa shape index (κ3) is 2.27. The molecule has 0 aliphatic carbocycles. The standard InChI is InChI=1S/C14H15N3O2S/c1-2-13(18)15-14-11-8-20(19)9-12(11)16-17(14)10-6-4-3-5-7-10/h3-7H,2,8-9H2,1H3,(H,15,18)/t20-/m0/s1. The number of nitrogens with zero attached hydrogens (tertiary/aromatic N) is 2. The first-order valence-corrected chi connectivity index (χ1v) is 7.99. The van der Waals surface area contributed by atoms with Crippen molar-refractivity contribution < 1.29 is 9.00 Å². The highest BCUT2D eigenvalue weighted by Crippen LogP contribution is 2.31. The van der Waals surface area contributed by atoms with Crippen LogP contribution in [0.5, 0.6) is 0 Å². The van der Waals surface area contributed by atoms with E-state index in [-0.39, 0.29) is 5.91 Å². The van der Waals surface area contributed by atoms with Gasteiger partial charge >= 0.3 is 0 Å². The number of benzene rings is 1. The monoisotopic (exact) mass is 289 g/mol. The zero-order valence-corrected chi connectivity index (χ0v) is 11.9. The molecule has 0 spiro atoms. The summed E-state index contributed by atoms with van der Waals surface area (Å²) in [5.74, 6) is 1.51. The fraction of sp³-hybridized carbons (Fsp3) is 0.286. The molecule has 104 valence electrons. The van der Waals surface area contributed by atoms with Crippen LogP contribution in [-0.2, 0) is 27.1 Å². The number of carbonyl (C=O) groups is 1. The van der Waals surface area contributed by atoms with Gasteiger partial charge in [-0.05, 0) is 12.1 Å². The number of hydrogen-bond acceptors (Lipinski definition) is 3. The average molecular weight is 289 g/mol. The Morgan fingerprint density at radius 2 is 2.10 bits per heavy atom. The lowest BCUT2D eigenvalue weighted by Crippen LogP contribution is -2.15. The molecule has 0 bridgehead atoms. The number of fused-ring (bicyclic) bond motifs is 1. The van der Waals surface area contributed by atoms with E-state index in [2.05, 4.69) is 10.4 Å². The first-order chi connectivity index (χ1) is 9.69. The van der Waals surface area contributed by atoms with Crippen molar-refractivity contribution in [1.82, 2.24) is 9.78 Å². The van der Waals surface area contributed by atoms with Crippen LogP contribution in [0.15, 0.2) is 30.3 Å². The highest BCUT2D eigenvalue weighted by Gasteiger charge is 2.27. The van der Waals surface area contributed by atoms with Gasteiger partial charge in [-0.25, -0.2) is 4.68 Å². The van der Waals surface area contributed by atoms with Crippen molar-refractivity contribution in [3.8, 4) is 5.69 Å². The molecule has 1 N–H and O–H groups in total. The normalized spacial score (nSPS) is 16.9. The number of amides is 1. The Labute approximate surface area is 119 Å². The number of carbonyl (C=O) groups excluding carboxylic acids is 1. The fourth-order valence-corrected chi connectivity index (χ4v) is 3.50. The van der Waals surface area contributed by atoms with Crippen LogP contribution < -0.4 is 5.32 Å². The summed E-state index contributed by atoms with van der Waals surface area (Å²) in [4.78, 5) is 11.7. The van der Waals surface area contributed by atoms with E-state index in [0.717, 1.165) is 16.9 Å². The highest BCUT2D eigenvalue weighted by atomic mass is 32.2. The molecule has 5 nitrogen and oxygen atoms in total. The zero-order chi connectivity index (χ0) is 14.1. The van der Waals surface area contributed by atoms with Gasteiger partial charge in [-0.15, -0.1) is 0 Å². The molecule has 1 atom stereocenters. The SMILES string of the molecule is CCC(=O)Nc1c2c(nn1-c1ccccc1)C[S@@](=O)C2. The van der Waals surface area contributed by atoms with E-state index in [0.29, 0.717) is 23.7 Å². The molecule has 20 heavy (non-hydrogen) atoms. The topological polar surface area (TPSA) is 64.0 Å². The molecule has 0 radical (unpaired) electrons. The summed E-state index contributed by atoms with van der Waals surface area (Å²) >= 11 is 0. The van der Waals surface area contributed by atoms with Crippen molar-refractivity contribution >= 4 is 22.5 Å². The smallest absolute Gasteiger partial charge is 0.225 e. The second kappa shape index (κ2) is 5.20. The van der Waals surface area contributed by atoms with Crippen molar-refractivity contribution in [3.63, 3.8) is 0 Å². The summed E-state index contributed by atoms with van der Waals surface area (Å²) in [5.41, 5.74) is 2.60. The number of rotatable bonds is 3. The molecular weight excluding hydrogens is 274 g/mol. The summed E-state index contributed by atoms with van der Waals surface area (Å²) < 4.78 is 13.4. The number of para-hydroxylation sites is 1. The van der Waals surface area contributed by atoms with Gasteiger partial charge in [-0.3, -0.25) is 9.00 Å². The van der Waals surface area contributed by atoms with Gasteiger partial charge in [0.1, 0.15) is 5.82 Å². The van der Waals surface area contributed by atoms with Crippen LogP contribution in [0.1, 0.15) is 24.6 Å². The summed E-state index contributed by atoms with van der Waals surface area (Å²) in [6.45, 7) is 1.80. The Bertz CT molecular complexity index is 679. The van der Waals surface area contributed by atoms with Gasteiger partial charge in [-0.2, -0.15) is 5.10 Å². The lowest BCUT2D eigenvalue weighted by Gasteiger charge is -2.10. The summed E-state index contributed by atoms with van der Waals surface area (Å²) in [6, 6.07) is 9.64. The van der Waals surface area contributed by atoms with Crippen molar-refractivity contribution in [2.75, 3.05) is 5.32 Å². The van der Waals surface area contributed by atoms with Crippen LogP contribution in [0.25, 0.3) is 5.69 Å². The van der Waals surface area contributed by atoms with Gasteiger partial charge < -0.3 is 5.32 Å². The van der Waals surface area contributed by atoms with E-state index in [9.17, 15) is 9.00 Å². The van der Waals surface area contributed by atoms with E-state index in [1.165, 1.54) is 0 Å². The summed E-state index contributed by atoms with van der Waals surface area (Å²) in [6.07, 6.45) is 0.401. The van der Waals surface area contributed by atoms with E-state index < -0.39 is 10.8 Å². The molecule has 0 saturated heterocycles. The molecule has 2 aromatic rings. The van der Waals surface area contributed by atoms with E-state index in [1.807, 2.05) is 30.3 Å². The Morgan fingerprint density at radius 1 is 1.35 bits per heavy atom. The van der Waals surface area contributed by atoms with Crippen LogP contribution in [0.4, 0.5) is 5.82 Å². The Hall–Kier alpha value is -1.95. The summed E-state index contributed by atoms with van der Waals surface area (Å²) in [5, 5.41) is 7.39. The Balaban J connectivity index is 2.09. The lowest BCUT2D eigenvalue weighted by molar-refractivity contribution is -0.115. The Morgan fingerprint density at radius 3 is 2.80 bits per heavy atom. The largest absolute Gasteiger partial charge is 0.310 e. The van der Waals surface area contributed by atoms with Gasteiger partial charge in [0.2, 0.25) is 5.91 Å². The molecule has 0 fully saturated rings. The highest BCUT2D eigenvalue weighted by molar-refractivity contribution is 7.83. The molecule has 2 heterocycles. The molecule has 6 heteroatoms. The van der Waals surface area contributed by atoms with Gasteiger partial charge in [-0.1, -0.05) is 25.1 Å². The molecule has 1 aromatic heterocycles. The predicted molar refractivity (Wildman–Crippen MR) is 78.0 cm³/mol. The van der Waals surface area contributed by atoms with Crippen LogP contribution >= 0.6 is 0 Å². The van der Waals surface area contributed by atoms with E-state index in [1.54, 1.807) is 11.6 Å². The molecule has 3 rings (SSSR count). The van der Waals surface area contributed by atoms with Gasteiger partial charge in [0.25, 0.3) is 0 Å². The number of anilines is 1. The minimum absolute atomic E-state index is 0.0671. The van der Waals surface area contributed by atoms with E-state index in [4.69, 9.17) is 0 Å². The molecular formula is C14H15N3O2S. The first-order valence-electron chi connectivity index (χ1n) is 6.50. The minimum atomic E-state index is -0.907. The van der Waals surface area contributed by atoms with Crippen molar-refractivity contribution in [3.05, 3.63) is 41.6 Å². The zero-order valence-electron chi connectivity index (χ0n) is 11.1. The molecule has 1 amide bonds. The maximum atomic E-state index is 11.7. The maximum Gasteiger partial charge on any atom is 0.225 e. The molecule has 1 aromatic carbocycles. The second-order valence-corrected chi connectivity index (χ2v) is 6.11. The average Bonchev–Trinajstić information content (AvgIpc) is 2.97. The summed E-state index contributed by atoms with van der Waals surface area (Å²) in [7, 11) is -0.907. The quantitative estimate of drug-likeness (QED) is 0.939.